The van der Waals surface area contributed by atoms with E-state index in [9.17, 15) is 0 Å². The second-order valence-electron chi connectivity index (χ2n) is 3.95. The molecular formula is C12H12BrCl2N3. The largest absolute Gasteiger partial charge is 0.379 e. The second kappa shape index (κ2) is 5.51. The Labute approximate surface area is 124 Å². The Balaban J connectivity index is 2.14. The number of nitrogens with one attached hydrogen (secondary N) is 1. The van der Waals surface area contributed by atoms with Crippen LogP contribution in [0.25, 0.3) is 0 Å². The lowest BCUT2D eigenvalue weighted by Gasteiger charge is -2.08. The summed E-state index contributed by atoms with van der Waals surface area (Å²) in [6.07, 6.45) is 0. The Morgan fingerprint density at radius 1 is 1.39 bits per heavy atom. The average molecular weight is 349 g/mol. The van der Waals surface area contributed by atoms with E-state index in [1.807, 2.05) is 32.2 Å². The van der Waals surface area contributed by atoms with E-state index in [1.165, 1.54) is 0 Å². The van der Waals surface area contributed by atoms with Gasteiger partial charge in [0.15, 0.2) is 0 Å². The molecule has 0 fully saturated rings. The first kappa shape index (κ1) is 13.7. The Kier molecular flexibility index (Phi) is 4.20. The van der Waals surface area contributed by atoms with Crippen LogP contribution in [-0.2, 0) is 13.6 Å². The second-order valence-corrected chi connectivity index (χ2v) is 5.59. The van der Waals surface area contributed by atoms with Crippen molar-refractivity contribution in [2.75, 3.05) is 5.32 Å². The van der Waals surface area contributed by atoms with Gasteiger partial charge < -0.3 is 5.32 Å². The maximum Gasteiger partial charge on any atom is 0.0865 e. The molecular weight excluding hydrogens is 337 g/mol. The number of anilines is 1. The molecule has 1 heterocycles. The first-order valence-corrected chi connectivity index (χ1v) is 6.91. The Morgan fingerprint density at radius 2 is 2.11 bits per heavy atom. The summed E-state index contributed by atoms with van der Waals surface area (Å²) in [6, 6.07) is 5.69. The van der Waals surface area contributed by atoms with Gasteiger partial charge in [-0.05, 0) is 41.1 Å². The maximum absolute atomic E-state index is 6.18. The molecule has 3 nitrogen and oxygen atoms in total. The van der Waals surface area contributed by atoms with E-state index < -0.39 is 0 Å². The van der Waals surface area contributed by atoms with Gasteiger partial charge in [-0.3, -0.25) is 4.68 Å². The summed E-state index contributed by atoms with van der Waals surface area (Å²) in [7, 11) is 1.88. The number of aryl methyl sites for hydroxylation is 2. The van der Waals surface area contributed by atoms with Crippen molar-refractivity contribution >= 4 is 44.8 Å². The van der Waals surface area contributed by atoms with Gasteiger partial charge in [0, 0.05) is 17.2 Å². The molecule has 0 bridgehead atoms. The molecule has 0 amide bonds. The molecule has 0 unspecified atom stereocenters. The van der Waals surface area contributed by atoms with Gasteiger partial charge in [-0.15, -0.1) is 0 Å². The Hall–Kier alpha value is -0.710. The Bertz CT molecular complexity index is 581. The number of aromatic nitrogens is 2. The summed E-state index contributed by atoms with van der Waals surface area (Å²) in [5.74, 6) is 0. The quantitative estimate of drug-likeness (QED) is 0.890. The summed E-state index contributed by atoms with van der Waals surface area (Å²) in [6.45, 7) is 2.51. The molecule has 6 heteroatoms. The fourth-order valence-electron chi connectivity index (χ4n) is 1.66. The number of rotatable bonds is 3. The van der Waals surface area contributed by atoms with Gasteiger partial charge in [0.2, 0.25) is 0 Å². The molecule has 1 N–H and O–H groups in total. The van der Waals surface area contributed by atoms with Crippen molar-refractivity contribution in [1.29, 1.82) is 0 Å². The van der Waals surface area contributed by atoms with E-state index in [2.05, 4.69) is 26.3 Å². The lowest BCUT2D eigenvalue weighted by Crippen LogP contribution is -2.05. The standard InChI is InChI=1S/C12H12BrCl2N3/c1-7-12(15)11(18(2)17-7)6-16-8-3-4-10(14)9(13)5-8/h3-5,16H,6H2,1-2H3. The van der Waals surface area contributed by atoms with Crippen LogP contribution in [0.15, 0.2) is 22.7 Å². The van der Waals surface area contributed by atoms with Crippen LogP contribution in [0.2, 0.25) is 10.0 Å². The van der Waals surface area contributed by atoms with E-state index in [0.29, 0.717) is 16.6 Å². The van der Waals surface area contributed by atoms with Crippen molar-refractivity contribution in [1.82, 2.24) is 9.78 Å². The highest BCUT2D eigenvalue weighted by atomic mass is 79.9. The number of nitrogens with zero attached hydrogens (tertiary/aromatic N) is 2. The summed E-state index contributed by atoms with van der Waals surface area (Å²) in [5, 5.41) is 8.96. The zero-order valence-corrected chi connectivity index (χ0v) is 13.1. The van der Waals surface area contributed by atoms with E-state index >= 15 is 0 Å². The fraction of sp³-hybridized carbons (Fsp3) is 0.250. The summed E-state index contributed by atoms with van der Waals surface area (Å²) in [5.41, 5.74) is 2.77. The van der Waals surface area contributed by atoms with E-state index in [0.717, 1.165) is 21.5 Å². The van der Waals surface area contributed by atoms with E-state index in [-0.39, 0.29) is 0 Å². The lowest BCUT2D eigenvalue weighted by atomic mass is 10.3. The molecule has 18 heavy (non-hydrogen) atoms. The molecule has 0 atom stereocenters. The zero-order valence-electron chi connectivity index (χ0n) is 9.97. The highest BCUT2D eigenvalue weighted by Crippen LogP contribution is 2.26. The van der Waals surface area contributed by atoms with Crippen molar-refractivity contribution in [2.24, 2.45) is 7.05 Å². The monoisotopic (exact) mass is 347 g/mol. The highest BCUT2D eigenvalue weighted by molar-refractivity contribution is 9.10. The summed E-state index contributed by atoms with van der Waals surface area (Å²) in [4.78, 5) is 0. The van der Waals surface area contributed by atoms with Crippen LogP contribution in [0.1, 0.15) is 11.4 Å². The van der Waals surface area contributed by atoms with Crippen LogP contribution >= 0.6 is 39.1 Å². The summed E-state index contributed by atoms with van der Waals surface area (Å²) >= 11 is 15.5. The third-order valence-electron chi connectivity index (χ3n) is 2.64. The van der Waals surface area contributed by atoms with E-state index in [4.69, 9.17) is 23.2 Å². The van der Waals surface area contributed by atoms with Gasteiger partial charge in [0.05, 0.1) is 28.0 Å². The molecule has 0 radical (unpaired) electrons. The van der Waals surface area contributed by atoms with Gasteiger partial charge in [0.1, 0.15) is 0 Å². The smallest absolute Gasteiger partial charge is 0.0865 e. The number of hydrogen-bond donors (Lipinski definition) is 1. The molecule has 2 aromatic rings. The summed E-state index contributed by atoms with van der Waals surface area (Å²) < 4.78 is 2.65. The van der Waals surface area contributed by atoms with Crippen molar-refractivity contribution < 1.29 is 0 Å². The highest BCUT2D eigenvalue weighted by Gasteiger charge is 2.10. The third-order valence-corrected chi connectivity index (χ3v) is 4.35. The van der Waals surface area contributed by atoms with Gasteiger partial charge in [-0.2, -0.15) is 5.10 Å². The normalized spacial score (nSPS) is 10.7. The van der Waals surface area contributed by atoms with Crippen LogP contribution in [0.3, 0.4) is 0 Å². The van der Waals surface area contributed by atoms with Crippen LogP contribution in [0, 0.1) is 6.92 Å². The average Bonchev–Trinajstić information content (AvgIpc) is 2.56. The maximum atomic E-state index is 6.18. The molecule has 0 saturated heterocycles. The predicted octanol–water partition coefficient (Wildman–Crippen LogP) is 4.41. The van der Waals surface area contributed by atoms with Crippen LogP contribution in [0.4, 0.5) is 5.69 Å². The lowest BCUT2D eigenvalue weighted by molar-refractivity contribution is 0.713. The van der Waals surface area contributed by atoms with Crippen molar-refractivity contribution in [3.63, 3.8) is 0 Å². The SMILES string of the molecule is Cc1nn(C)c(CNc2ccc(Cl)c(Br)c2)c1Cl. The fourth-order valence-corrected chi connectivity index (χ4v) is 2.39. The minimum Gasteiger partial charge on any atom is -0.379 e. The Morgan fingerprint density at radius 3 is 2.67 bits per heavy atom. The molecule has 0 aliphatic rings. The van der Waals surface area contributed by atoms with Gasteiger partial charge in [0.25, 0.3) is 0 Å². The molecule has 0 aliphatic carbocycles. The van der Waals surface area contributed by atoms with Crippen molar-refractivity contribution in [3.05, 3.63) is 44.1 Å². The topological polar surface area (TPSA) is 29.9 Å². The van der Waals surface area contributed by atoms with Crippen LogP contribution in [-0.4, -0.2) is 9.78 Å². The molecule has 0 aliphatic heterocycles. The minimum atomic E-state index is 0.615. The first-order chi connectivity index (χ1) is 8.49. The van der Waals surface area contributed by atoms with Gasteiger partial charge >= 0.3 is 0 Å². The number of halogens is 3. The predicted molar refractivity (Wildman–Crippen MR) is 79.4 cm³/mol. The minimum absolute atomic E-state index is 0.615. The molecule has 0 spiro atoms. The van der Waals surface area contributed by atoms with Crippen molar-refractivity contribution in [2.45, 2.75) is 13.5 Å². The van der Waals surface area contributed by atoms with Gasteiger partial charge in [-0.25, -0.2) is 0 Å². The van der Waals surface area contributed by atoms with Crippen molar-refractivity contribution in [3.8, 4) is 0 Å². The molecule has 2 rings (SSSR count). The third kappa shape index (κ3) is 2.82. The molecule has 1 aromatic carbocycles. The number of benzene rings is 1. The van der Waals surface area contributed by atoms with E-state index in [1.54, 1.807) is 4.68 Å². The van der Waals surface area contributed by atoms with Crippen LogP contribution < -0.4 is 5.32 Å². The van der Waals surface area contributed by atoms with Crippen LogP contribution in [0.5, 0.6) is 0 Å². The number of hydrogen-bond acceptors (Lipinski definition) is 2. The molecule has 1 aromatic heterocycles. The molecule has 96 valence electrons. The first-order valence-electron chi connectivity index (χ1n) is 5.36. The molecule has 0 saturated carbocycles. The zero-order chi connectivity index (χ0) is 13.3. The van der Waals surface area contributed by atoms with Gasteiger partial charge in [-0.1, -0.05) is 23.2 Å².